The van der Waals surface area contributed by atoms with Crippen molar-refractivity contribution in [3.8, 4) is 0 Å². The lowest BCUT2D eigenvalue weighted by molar-refractivity contribution is 0.383. The summed E-state index contributed by atoms with van der Waals surface area (Å²) >= 11 is 2.84. The molecule has 0 aliphatic rings. The lowest BCUT2D eigenvalue weighted by atomic mass is 10.2. The Morgan fingerprint density at radius 2 is 2.25 bits per heavy atom. The molecule has 0 aliphatic heterocycles. The van der Waals surface area contributed by atoms with Crippen molar-refractivity contribution < 1.29 is 4.52 Å². The van der Waals surface area contributed by atoms with Gasteiger partial charge in [-0.05, 0) is 0 Å². The molecule has 2 aromatic heterocycles. The first-order valence-electron chi connectivity index (χ1n) is 4.69. The second-order valence-corrected chi connectivity index (χ2v) is 5.63. The van der Waals surface area contributed by atoms with Crippen LogP contribution in [0.4, 0.5) is 5.13 Å². The van der Waals surface area contributed by atoms with Gasteiger partial charge in [0.25, 0.3) is 0 Å². The number of thioether (sulfide) groups is 1. The normalized spacial score (nSPS) is 11.2. The first-order chi connectivity index (χ1) is 7.65. The van der Waals surface area contributed by atoms with Gasteiger partial charge in [0.2, 0.25) is 11.0 Å². The van der Waals surface area contributed by atoms with Gasteiger partial charge in [-0.2, -0.15) is 4.98 Å². The predicted octanol–water partition coefficient (Wildman–Crippen LogP) is 1.92. The van der Waals surface area contributed by atoms with Crippen LogP contribution in [0.3, 0.4) is 0 Å². The SMILES string of the molecule is CC(C)c1noc(CSc2nnc(N)s2)n1. The maximum absolute atomic E-state index is 5.47. The monoisotopic (exact) mass is 257 g/mol. The van der Waals surface area contributed by atoms with E-state index in [0.717, 1.165) is 10.2 Å². The third-order valence-corrected chi connectivity index (χ3v) is 3.61. The molecule has 0 unspecified atom stereocenters. The Bertz CT molecular complexity index is 466. The number of hydrogen-bond donors (Lipinski definition) is 1. The summed E-state index contributed by atoms with van der Waals surface area (Å²) < 4.78 is 5.90. The van der Waals surface area contributed by atoms with Gasteiger partial charge in [0.15, 0.2) is 10.2 Å². The van der Waals surface area contributed by atoms with Crippen LogP contribution in [0.2, 0.25) is 0 Å². The van der Waals surface area contributed by atoms with Crippen LogP contribution in [0.1, 0.15) is 31.5 Å². The number of nitrogens with two attached hydrogens (primary N) is 1. The molecule has 0 saturated carbocycles. The van der Waals surface area contributed by atoms with Crippen LogP contribution in [0.5, 0.6) is 0 Å². The number of aromatic nitrogens is 4. The van der Waals surface area contributed by atoms with E-state index in [2.05, 4.69) is 20.3 Å². The second kappa shape index (κ2) is 4.79. The zero-order chi connectivity index (χ0) is 11.5. The lowest BCUT2D eigenvalue weighted by Gasteiger charge is -1.92. The van der Waals surface area contributed by atoms with Gasteiger partial charge in [-0.25, -0.2) is 0 Å². The highest BCUT2D eigenvalue weighted by molar-refractivity contribution is 8.00. The highest BCUT2D eigenvalue weighted by Crippen LogP contribution is 2.26. The molecule has 0 amide bonds. The Morgan fingerprint density at radius 3 is 2.81 bits per heavy atom. The van der Waals surface area contributed by atoms with Crippen molar-refractivity contribution in [2.45, 2.75) is 29.9 Å². The molecule has 0 saturated heterocycles. The smallest absolute Gasteiger partial charge is 0.237 e. The number of anilines is 1. The molecule has 0 spiro atoms. The van der Waals surface area contributed by atoms with E-state index >= 15 is 0 Å². The van der Waals surface area contributed by atoms with Crippen molar-refractivity contribution in [1.29, 1.82) is 0 Å². The number of nitrogen functional groups attached to an aromatic ring is 1. The molecule has 16 heavy (non-hydrogen) atoms. The summed E-state index contributed by atoms with van der Waals surface area (Å²) in [6.45, 7) is 4.04. The quantitative estimate of drug-likeness (QED) is 0.836. The second-order valence-electron chi connectivity index (χ2n) is 3.40. The first-order valence-corrected chi connectivity index (χ1v) is 6.49. The summed E-state index contributed by atoms with van der Waals surface area (Å²) in [4.78, 5) is 4.26. The van der Waals surface area contributed by atoms with E-state index < -0.39 is 0 Å². The molecule has 86 valence electrons. The average Bonchev–Trinajstić information content (AvgIpc) is 2.83. The van der Waals surface area contributed by atoms with Gasteiger partial charge in [-0.3, -0.25) is 0 Å². The molecule has 0 radical (unpaired) electrons. The summed E-state index contributed by atoms with van der Waals surface area (Å²) in [5, 5.41) is 12.0. The van der Waals surface area contributed by atoms with Gasteiger partial charge in [0.05, 0.1) is 5.75 Å². The van der Waals surface area contributed by atoms with Gasteiger partial charge in [0, 0.05) is 5.92 Å². The molecular formula is C8H11N5OS2. The molecule has 0 atom stereocenters. The van der Waals surface area contributed by atoms with Gasteiger partial charge >= 0.3 is 0 Å². The Labute approximate surface area is 101 Å². The van der Waals surface area contributed by atoms with Crippen LogP contribution < -0.4 is 5.73 Å². The van der Waals surface area contributed by atoms with Gasteiger partial charge in [-0.15, -0.1) is 10.2 Å². The van der Waals surface area contributed by atoms with Crippen molar-refractivity contribution in [2.24, 2.45) is 0 Å². The third-order valence-electron chi connectivity index (χ3n) is 1.74. The summed E-state index contributed by atoms with van der Waals surface area (Å²) in [5.41, 5.74) is 5.47. The Kier molecular flexibility index (Phi) is 3.39. The van der Waals surface area contributed by atoms with Crippen LogP contribution in [0, 0.1) is 0 Å². The van der Waals surface area contributed by atoms with E-state index in [1.807, 2.05) is 13.8 Å². The van der Waals surface area contributed by atoms with Crippen LogP contribution in [-0.4, -0.2) is 20.3 Å². The number of hydrogen-bond acceptors (Lipinski definition) is 8. The Morgan fingerprint density at radius 1 is 1.44 bits per heavy atom. The van der Waals surface area contributed by atoms with Gasteiger partial charge in [-0.1, -0.05) is 42.1 Å². The van der Waals surface area contributed by atoms with E-state index in [4.69, 9.17) is 10.3 Å². The molecule has 0 fully saturated rings. The lowest BCUT2D eigenvalue weighted by Crippen LogP contribution is -1.90. The van der Waals surface area contributed by atoms with Crippen LogP contribution in [0.25, 0.3) is 0 Å². The molecule has 0 bridgehead atoms. The topological polar surface area (TPSA) is 90.7 Å². The summed E-state index contributed by atoms with van der Waals surface area (Å²) in [5.74, 6) is 2.20. The highest BCUT2D eigenvalue weighted by atomic mass is 32.2. The third kappa shape index (κ3) is 2.70. The average molecular weight is 257 g/mol. The van der Waals surface area contributed by atoms with Crippen molar-refractivity contribution in [2.75, 3.05) is 5.73 Å². The first kappa shape index (κ1) is 11.3. The predicted molar refractivity (Wildman–Crippen MR) is 62.3 cm³/mol. The zero-order valence-corrected chi connectivity index (χ0v) is 10.5. The minimum atomic E-state index is 0.277. The maximum Gasteiger partial charge on any atom is 0.237 e. The molecule has 2 heterocycles. The highest BCUT2D eigenvalue weighted by Gasteiger charge is 2.11. The number of nitrogens with zero attached hydrogens (tertiary/aromatic N) is 4. The summed E-state index contributed by atoms with van der Waals surface area (Å²) in [6.07, 6.45) is 0. The fourth-order valence-corrected chi connectivity index (χ4v) is 2.44. The van der Waals surface area contributed by atoms with E-state index in [9.17, 15) is 0 Å². The molecule has 2 aromatic rings. The summed E-state index contributed by atoms with van der Waals surface area (Å²) in [6, 6.07) is 0. The van der Waals surface area contributed by atoms with Crippen LogP contribution in [-0.2, 0) is 5.75 Å². The molecule has 2 rings (SSSR count). The van der Waals surface area contributed by atoms with Crippen molar-refractivity contribution in [3.63, 3.8) is 0 Å². The minimum Gasteiger partial charge on any atom is -0.374 e. The maximum atomic E-state index is 5.47. The van der Waals surface area contributed by atoms with Crippen molar-refractivity contribution in [1.82, 2.24) is 20.3 Å². The molecule has 6 nitrogen and oxygen atoms in total. The fraction of sp³-hybridized carbons (Fsp3) is 0.500. The zero-order valence-electron chi connectivity index (χ0n) is 8.88. The molecule has 0 aromatic carbocycles. The fourth-order valence-electron chi connectivity index (χ4n) is 0.963. The van der Waals surface area contributed by atoms with Crippen LogP contribution >= 0.6 is 23.1 Å². The van der Waals surface area contributed by atoms with E-state index in [0.29, 0.717) is 16.8 Å². The van der Waals surface area contributed by atoms with Gasteiger partial charge in [0.1, 0.15) is 0 Å². The minimum absolute atomic E-state index is 0.277. The van der Waals surface area contributed by atoms with Crippen molar-refractivity contribution in [3.05, 3.63) is 11.7 Å². The number of rotatable bonds is 4. The standard InChI is InChI=1S/C8H11N5OS2/c1-4(2)6-10-5(14-13-6)3-15-8-12-11-7(9)16-8/h4H,3H2,1-2H3,(H2,9,11). The van der Waals surface area contributed by atoms with Crippen LogP contribution in [0.15, 0.2) is 8.86 Å². The van der Waals surface area contributed by atoms with Crippen molar-refractivity contribution >= 4 is 28.2 Å². The largest absolute Gasteiger partial charge is 0.374 e. The molecular weight excluding hydrogens is 246 g/mol. The molecule has 2 N–H and O–H groups in total. The molecule has 0 aliphatic carbocycles. The Balaban J connectivity index is 1.94. The van der Waals surface area contributed by atoms with E-state index in [1.54, 1.807) is 0 Å². The van der Waals surface area contributed by atoms with E-state index in [1.165, 1.54) is 23.1 Å². The molecule has 8 heteroatoms. The van der Waals surface area contributed by atoms with E-state index in [-0.39, 0.29) is 5.92 Å². The Hall–Kier alpha value is -1.15. The summed E-state index contributed by atoms with van der Waals surface area (Å²) in [7, 11) is 0. The van der Waals surface area contributed by atoms with Gasteiger partial charge < -0.3 is 10.3 Å².